The van der Waals surface area contributed by atoms with Gasteiger partial charge in [0.05, 0.1) is 0 Å². The minimum Gasteiger partial charge on any atom is -0.208 e. The fourth-order valence-corrected chi connectivity index (χ4v) is 10.1. The molecular weight excluding hydrogens is 563 g/mol. The van der Waals surface area contributed by atoms with E-state index < -0.39 is 8.07 Å². The second-order valence-corrected chi connectivity index (χ2v) is 16.4. The maximum atomic E-state index is 4.88. The number of aromatic nitrogens is 3. The third kappa shape index (κ3) is 4.80. The second kappa shape index (κ2) is 10.9. The molecule has 0 fully saturated rings. The smallest absolute Gasteiger partial charge is 0.164 e. The molecule has 1 aliphatic rings. The highest BCUT2D eigenvalue weighted by Crippen LogP contribution is 2.34. The Hall–Kier alpha value is -5.45. The number of benzene rings is 6. The van der Waals surface area contributed by atoms with E-state index in [0.29, 0.717) is 17.5 Å². The molecule has 1 aromatic heterocycles. The average molecular weight is 594 g/mol. The molecule has 0 atom stereocenters. The van der Waals surface area contributed by atoms with E-state index in [9.17, 15) is 0 Å². The maximum Gasteiger partial charge on any atom is 0.164 e. The summed E-state index contributed by atoms with van der Waals surface area (Å²) >= 11 is 0. The largest absolute Gasteiger partial charge is 0.208 e. The molecule has 0 spiro atoms. The zero-order chi connectivity index (χ0) is 30.4. The number of nitrogens with zero attached hydrogens (tertiary/aromatic N) is 3. The van der Waals surface area contributed by atoms with Gasteiger partial charge >= 0.3 is 0 Å². The van der Waals surface area contributed by atoms with Crippen molar-refractivity contribution in [2.45, 2.75) is 13.1 Å². The Labute approximate surface area is 265 Å². The van der Waals surface area contributed by atoms with Crippen molar-refractivity contribution in [1.29, 1.82) is 0 Å². The Balaban J connectivity index is 1.12. The lowest BCUT2D eigenvalue weighted by atomic mass is 9.97. The van der Waals surface area contributed by atoms with Crippen LogP contribution in [0.5, 0.6) is 0 Å². The van der Waals surface area contributed by atoms with Crippen molar-refractivity contribution in [2.24, 2.45) is 0 Å². The Morgan fingerprint density at radius 1 is 0.333 bits per heavy atom. The van der Waals surface area contributed by atoms with Gasteiger partial charge in [-0.15, -0.1) is 0 Å². The van der Waals surface area contributed by atoms with Gasteiger partial charge in [0.2, 0.25) is 0 Å². The highest BCUT2D eigenvalue weighted by atomic mass is 28.3. The van der Waals surface area contributed by atoms with E-state index in [-0.39, 0.29) is 0 Å². The Morgan fingerprint density at radius 2 is 0.733 bits per heavy atom. The molecule has 3 nitrogen and oxygen atoms in total. The molecule has 0 unspecified atom stereocenters. The summed E-state index contributed by atoms with van der Waals surface area (Å²) in [4.78, 5) is 14.6. The van der Waals surface area contributed by atoms with E-state index in [2.05, 4.69) is 104 Å². The lowest BCUT2D eigenvalue weighted by Crippen LogP contribution is -2.50. The van der Waals surface area contributed by atoms with Crippen LogP contribution in [-0.2, 0) is 0 Å². The van der Waals surface area contributed by atoms with E-state index in [4.69, 9.17) is 15.0 Å². The Kier molecular flexibility index (Phi) is 6.58. The Bertz CT molecular complexity index is 2100. The fourth-order valence-electron chi connectivity index (χ4n) is 6.68. The topological polar surface area (TPSA) is 38.7 Å². The lowest BCUT2D eigenvalue weighted by molar-refractivity contribution is 1.07. The second-order valence-electron chi connectivity index (χ2n) is 12.1. The van der Waals surface area contributed by atoms with E-state index in [1.807, 2.05) is 60.7 Å². The summed E-state index contributed by atoms with van der Waals surface area (Å²) in [5.41, 5.74) is 10.7. The zero-order valence-corrected chi connectivity index (χ0v) is 26.3. The summed E-state index contributed by atoms with van der Waals surface area (Å²) in [5.74, 6) is 2.00. The van der Waals surface area contributed by atoms with Crippen LogP contribution < -0.4 is 10.4 Å². The first kappa shape index (κ1) is 27.1. The fraction of sp³-hybridized carbons (Fsp3) is 0.0488. The molecule has 0 saturated carbocycles. The number of rotatable bonds is 5. The van der Waals surface area contributed by atoms with Crippen LogP contribution in [0.25, 0.3) is 67.5 Å². The van der Waals surface area contributed by atoms with E-state index in [1.54, 1.807) is 5.19 Å². The molecule has 0 aliphatic carbocycles. The van der Waals surface area contributed by atoms with Crippen LogP contribution in [0.1, 0.15) is 0 Å². The van der Waals surface area contributed by atoms with Gasteiger partial charge in [-0.25, -0.2) is 15.0 Å². The van der Waals surface area contributed by atoms with Gasteiger partial charge in [-0.1, -0.05) is 165 Å². The summed E-state index contributed by atoms with van der Waals surface area (Å²) in [7, 11) is -1.79. The zero-order valence-electron chi connectivity index (χ0n) is 25.3. The van der Waals surface area contributed by atoms with Crippen LogP contribution in [0.2, 0.25) is 13.1 Å². The van der Waals surface area contributed by atoms with E-state index >= 15 is 0 Å². The number of fused-ring (bicyclic) bond motifs is 3. The SMILES string of the molecule is C[Si]1(C)c2ccccc2-c2cccc(-c3ccc(-c4ccc(-c5nc(-c6ccccc6)nc(-c6ccccc6)n5)cc4)cc3)c21. The summed E-state index contributed by atoms with van der Waals surface area (Å²) < 4.78 is 0. The molecule has 0 radical (unpaired) electrons. The van der Waals surface area contributed by atoms with Crippen LogP contribution >= 0.6 is 0 Å². The summed E-state index contributed by atoms with van der Waals surface area (Å²) in [6, 6.07) is 53.5. The van der Waals surface area contributed by atoms with Crippen LogP contribution in [0, 0.1) is 0 Å². The number of hydrogen-bond donors (Lipinski definition) is 0. The average Bonchev–Trinajstić information content (AvgIpc) is 3.35. The predicted octanol–water partition coefficient (Wildman–Crippen LogP) is 9.01. The minimum atomic E-state index is -1.79. The van der Waals surface area contributed by atoms with Crippen molar-refractivity contribution in [3.05, 3.63) is 152 Å². The molecule has 0 saturated heterocycles. The molecule has 45 heavy (non-hydrogen) atoms. The van der Waals surface area contributed by atoms with Crippen molar-refractivity contribution in [1.82, 2.24) is 15.0 Å². The van der Waals surface area contributed by atoms with Gasteiger partial charge in [0.25, 0.3) is 0 Å². The quantitative estimate of drug-likeness (QED) is 0.187. The molecule has 0 amide bonds. The molecule has 4 heteroatoms. The molecule has 0 N–H and O–H groups in total. The monoisotopic (exact) mass is 593 g/mol. The van der Waals surface area contributed by atoms with Gasteiger partial charge < -0.3 is 0 Å². The van der Waals surface area contributed by atoms with Crippen LogP contribution in [0.15, 0.2) is 152 Å². The van der Waals surface area contributed by atoms with Crippen molar-refractivity contribution in [3.8, 4) is 67.5 Å². The van der Waals surface area contributed by atoms with Crippen molar-refractivity contribution >= 4 is 18.4 Å². The third-order valence-corrected chi connectivity index (χ3v) is 12.5. The number of hydrogen-bond acceptors (Lipinski definition) is 3. The van der Waals surface area contributed by atoms with E-state index in [1.165, 1.54) is 33.0 Å². The summed E-state index contributed by atoms with van der Waals surface area (Å²) in [6.07, 6.45) is 0. The molecule has 214 valence electrons. The van der Waals surface area contributed by atoms with Crippen molar-refractivity contribution in [2.75, 3.05) is 0 Å². The van der Waals surface area contributed by atoms with Crippen LogP contribution in [0.3, 0.4) is 0 Å². The van der Waals surface area contributed by atoms with Crippen LogP contribution in [-0.4, -0.2) is 23.0 Å². The molecular formula is C41H31N3Si. The maximum absolute atomic E-state index is 4.88. The van der Waals surface area contributed by atoms with Gasteiger partial charge in [-0.2, -0.15) is 0 Å². The highest BCUT2D eigenvalue weighted by Gasteiger charge is 2.39. The molecule has 2 heterocycles. The van der Waals surface area contributed by atoms with Crippen molar-refractivity contribution in [3.63, 3.8) is 0 Å². The van der Waals surface area contributed by atoms with Gasteiger partial charge in [0, 0.05) is 16.7 Å². The lowest BCUT2D eigenvalue weighted by Gasteiger charge is -2.22. The molecule has 6 aromatic carbocycles. The van der Waals surface area contributed by atoms with Gasteiger partial charge in [0.15, 0.2) is 17.5 Å². The summed E-state index contributed by atoms with van der Waals surface area (Å²) in [5, 5.41) is 3.08. The normalized spacial score (nSPS) is 12.8. The Morgan fingerprint density at radius 3 is 1.29 bits per heavy atom. The van der Waals surface area contributed by atoms with Gasteiger partial charge in [-0.05, 0) is 43.8 Å². The molecule has 0 bridgehead atoms. The minimum absolute atomic E-state index is 0.662. The molecule has 1 aliphatic heterocycles. The first-order valence-corrected chi connectivity index (χ1v) is 18.4. The van der Waals surface area contributed by atoms with Crippen molar-refractivity contribution < 1.29 is 0 Å². The predicted molar refractivity (Wildman–Crippen MR) is 189 cm³/mol. The third-order valence-electron chi connectivity index (χ3n) is 8.95. The van der Waals surface area contributed by atoms with Crippen LogP contribution in [0.4, 0.5) is 0 Å². The van der Waals surface area contributed by atoms with Gasteiger partial charge in [0.1, 0.15) is 8.07 Å². The standard InChI is InChI=1S/C41H31N3Si/c1-45(2)37-19-10-9-16-35(37)36-18-11-17-34(38(36)45)30-24-20-28(21-25-30)29-22-26-33(27-23-29)41-43-39(31-12-5-3-6-13-31)42-40(44-41)32-14-7-4-8-15-32/h3-27H,1-2H3. The molecule has 7 aromatic rings. The first-order chi connectivity index (χ1) is 22.1. The summed E-state index contributed by atoms with van der Waals surface area (Å²) in [6.45, 7) is 4.96. The van der Waals surface area contributed by atoms with E-state index in [0.717, 1.165) is 22.3 Å². The van der Waals surface area contributed by atoms with Gasteiger partial charge in [-0.3, -0.25) is 0 Å². The molecule has 8 rings (SSSR count). The first-order valence-electron chi connectivity index (χ1n) is 15.4. The highest BCUT2D eigenvalue weighted by molar-refractivity contribution is 7.04.